The van der Waals surface area contributed by atoms with Crippen molar-refractivity contribution >= 4 is 5.91 Å². The van der Waals surface area contributed by atoms with Gasteiger partial charge in [0.2, 0.25) is 5.91 Å². The molecule has 2 fully saturated rings. The van der Waals surface area contributed by atoms with E-state index in [1.165, 1.54) is 24.8 Å². The second kappa shape index (κ2) is 7.82. The number of rotatable bonds is 4. The van der Waals surface area contributed by atoms with Crippen molar-refractivity contribution in [1.29, 1.82) is 0 Å². The molecule has 0 spiro atoms. The van der Waals surface area contributed by atoms with Crippen LogP contribution in [0.3, 0.4) is 0 Å². The number of amides is 1. The molecule has 0 saturated carbocycles. The third-order valence-corrected chi connectivity index (χ3v) is 5.16. The molecule has 2 aliphatic rings. The van der Waals surface area contributed by atoms with E-state index in [9.17, 15) is 4.79 Å². The highest BCUT2D eigenvalue weighted by Crippen LogP contribution is 2.32. The molecule has 0 aliphatic carbocycles. The molecule has 2 aliphatic heterocycles. The quantitative estimate of drug-likeness (QED) is 0.855. The van der Waals surface area contributed by atoms with Gasteiger partial charge in [-0.15, -0.1) is 0 Å². The molecule has 0 N–H and O–H groups in total. The molecule has 0 aromatic heterocycles. The van der Waals surface area contributed by atoms with Crippen LogP contribution in [-0.4, -0.2) is 49.0 Å². The minimum absolute atomic E-state index is 0.312. The summed E-state index contributed by atoms with van der Waals surface area (Å²) in [6.07, 6.45) is 7.16. The fourth-order valence-corrected chi connectivity index (χ4v) is 3.81. The zero-order chi connectivity index (χ0) is 16.1. The lowest BCUT2D eigenvalue weighted by Crippen LogP contribution is -2.40. The summed E-state index contributed by atoms with van der Waals surface area (Å²) in [6.45, 7) is 3.48. The number of likely N-dealkylation sites (tertiary alicyclic amines) is 2. The van der Waals surface area contributed by atoms with Crippen LogP contribution in [0.1, 0.15) is 50.1 Å². The molecule has 2 heterocycles. The van der Waals surface area contributed by atoms with Crippen LogP contribution < -0.4 is 4.74 Å². The molecule has 1 atom stereocenters. The summed E-state index contributed by atoms with van der Waals surface area (Å²) in [5.74, 6) is 1.20. The summed E-state index contributed by atoms with van der Waals surface area (Å²) < 4.78 is 5.24. The molecule has 1 unspecified atom stereocenters. The smallest absolute Gasteiger partial charge is 0.236 e. The highest BCUT2D eigenvalue weighted by atomic mass is 16.5. The van der Waals surface area contributed by atoms with Gasteiger partial charge in [0.05, 0.1) is 13.7 Å². The van der Waals surface area contributed by atoms with Crippen LogP contribution in [0.2, 0.25) is 0 Å². The lowest BCUT2D eigenvalue weighted by atomic mass is 10.0. The van der Waals surface area contributed by atoms with E-state index in [2.05, 4.69) is 21.9 Å². The summed E-state index contributed by atoms with van der Waals surface area (Å²) in [7, 11) is 1.69. The maximum absolute atomic E-state index is 12.6. The van der Waals surface area contributed by atoms with Crippen molar-refractivity contribution in [1.82, 2.24) is 9.80 Å². The average Bonchev–Trinajstić information content (AvgIpc) is 2.86. The largest absolute Gasteiger partial charge is 0.497 e. The van der Waals surface area contributed by atoms with Crippen LogP contribution in [0.25, 0.3) is 0 Å². The van der Waals surface area contributed by atoms with Gasteiger partial charge in [0, 0.05) is 19.1 Å². The Morgan fingerprint density at radius 3 is 2.39 bits per heavy atom. The average molecular weight is 316 g/mol. The van der Waals surface area contributed by atoms with Gasteiger partial charge in [-0.3, -0.25) is 9.69 Å². The van der Waals surface area contributed by atoms with Crippen molar-refractivity contribution in [3.8, 4) is 5.75 Å². The monoisotopic (exact) mass is 316 g/mol. The van der Waals surface area contributed by atoms with Gasteiger partial charge < -0.3 is 9.64 Å². The lowest BCUT2D eigenvalue weighted by molar-refractivity contribution is -0.132. The minimum atomic E-state index is 0.312. The number of nitrogens with zero attached hydrogens (tertiary/aromatic N) is 2. The Balaban J connectivity index is 1.62. The first kappa shape index (κ1) is 16.3. The third-order valence-electron chi connectivity index (χ3n) is 5.16. The van der Waals surface area contributed by atoms with Crippen LogP contribution >= 0.6 is 0 Å². The number of methoxy groups -OCH3 is 1. The minimum Gasteiger partial charge on any atom is -0.497 e. The normalized spacial score (nSPS) is 22.8. The maximum Gasteiger partial charge on any atom is 0.236 e. The van der Waals surface area contributed by atoms with Crippen LogP contribution in [-0.2, 0) is 4.79 Å². The van der Waals surface area contributed by atoms with Crippen molar-refractivity contribution in [2.24, 2.45) is 0 Å². The predicted octanol–water partition coefficient (Wildman–Crippen LogP) is 3.23. The van der Waals surface area contributed by atoms with Crippen molar-refractivity contribution in [3.63, 3.8) is 0 Å². The molecule has 1 aromatic carbocycles. The summed E-state index contributed by atoms with van der Waals surface area (Å²) in [5, 5.41) is 0. The molecule has 1 aromatic rings. The standard InChI is InChI=1S/C19H28N2O2/c1-23-17-10-8-16(9-11-17)18-7-6-14-21(18)15-19(22)20-12-4-2-3-5-13-20/h8-11,18H,2-7,12-15H2,1H3. The van der Waals surface area contributed by atoms with Gasteiger partial charge in [-0.1, -0.05) is 25.0 Å². The summed E-state index contributed by atoms with van der Waals surface area (Å²) >= 11 is 0. The van der Waals surface area contributed by atoms with Crippen molar-refractivity contribution < 1.29 is 9.53 Å². The number of carbonyl (C=O) groups is 1. The van der Waals surface area contributed by atoms with Crippen LogP contribution in [0.15, 0.2) is 24.3 Å². The highest BCUT2D eigenvalue weighted by molar-refractivity contribution is 5.78. The predicted molar refractivity (Wildman–Crippen MR) is 91.6 cm³/mol. The van der Waals surface area contributed by atoms with Crippen molar-refractivity contribution in [2.45, 2.75) is 44.6 Å². The van der Waals surface area contributed by atoms with E-state index >= 15 is 0 Å². The Bertz CT molecular complexity index is 507. The zero-order valence-corrected chi connectivity index (χ0v) is 14.2. The summed E-state index contributed by atoms with van der Waals surface area (Å²) in [6, 6.07) is 8.68. The topological polar surface area (TPSA) is 32.8 Å². The Labute approximate surface area is 139 Å². The Morgan fingerprint density at radius 2 is 1.74 bits per heavy atom. The van der Waals surface area contributed by atoms with Crippen LogP contribution in [0, 0.1) is 0 Å². The molecule has 1 amide bonds. The highest BCUT2D eigenvalue weighted by Gasteiger charge is 2.29. The van der Waals surface area contributed by atoms with E-state index in [-0.39, 0.29) is 0 Å². The van der Waals surface area contributed by atoms with E-state index in [0.29, 0.717) is 18.5 Å². The second-order valence-corrected chi connectivity index (χ2v) is 6.70. The molecule has 0 bridgehead atoms. The van der Waals surface area contributed by atoms with E-state index in [1.54, 1.807) is 7.11 Å². The first-order valence-electron chi connectivity index (χ1n) is 8.94. The van der Waals surface area contributed by atoms with E-state index in [4.69, 9.17) is 4.74 Å². The van der Waals surface area contributed by atoms with Crippen molar-refractivity contribution in [3.05, 3.63) is 29.8 Å². The molecule has 3 rings (SSSR count). The number of ether oxygens (including phenoxy) is 1. The van der Waals surface area contributed by atoms with Crippen molar-refractivity contribution in [2.75, 3.05) is 33.3 Å². The molecular weight excluding hydrogens is 288 g/mol. The fourth-order valence-electron chi connectivity index (χ4n) is 3.81. The first-order valence-corrected chi connectivity index (χ1v) is 8.94. The molecule has 4 heteroatoms. The number of benzene rings is 1. The molecular formula is C19H28N2O2. The Hall–Kier alpha value is -1.55. The number of carbonyl (C=O) groups excluding carboxylic acids is 1. The van der Waals surface area contributed by atoms with E-state index < -0.39 is 0 Å². The molecule has 2 saturated heterocycles. The summed E-state index contributed by atoms with van der Waals surface area (Å²) in [4.78, 5) is 17.1. The molecule has 126 valence electrons. The Morgan fingerprint density at radius 1 is 1.04 bits per heavy atom. The van der Waals surface area contributed by atoms with Crippen LogP contribution in [0.5, 0.6) is 5.75 Å². The molecule has 23 heavy (non-hydrogen) atoms. The number of hydrogen-bond donors (Lipinski definition) is 0. The van der Waals surface area contributed by atoms with Gasteiger partial charge >= 0.3 is 0 Å². The van der Waals surface area contributed by atoms with E-state index in [1.807, 2.05) is 12.1 Å². The first-order chi connectivity index (χ1) is 11.3. The summed E-state index contributed by atoms with van der Waals surface area (Å²) in [5.41, 5.74) is 1.30. The number of hydrogen-bond acceptors (Lipinski definition) is 3. The van der Waals surface area contributed by atoms with Gasteiger partial charge in [-0.25, -0.2) is 0 Å². The maximum atomic E-state index is 12.6. The molecule has 0 radical (unpaired) electrons. The fraction of sp³-hybridized carbons (Fsp3) is 0.632. The van der Waals surface area contributed by atoms with Gasteiger partial charge in [0.15, 0.2) is 0 Å². The van der Waals surface area contributed by atoms with Crippen LogP contribution in [0.4, 0.5) is 0 Å². The van der Waals surface area contributed by atoms with Gasteiger partial charge in [-0.2, -0.15) is 0 Å². The third kappa shape index (κ3) is 4.05. The molecule has 4 nitrogen and oxygen atoms in total. The Kier molecular flexibility index (Phi) is 5.55. The second-order valence-electron chi connectivity index (χ2n) is 6.70. The SMILES string of the molecule is COc1ccc(C2CCCN2CC(=O)N2CCCCCC2)cc1. The van der Waals surface area contributed by atoms with Gasteiger partial charge in [-0.05, 0) is 49.9 Å². The van der Waals surface area contributed by atoms with Gasteiger partial charge in [0.1, 0.15) is 5.75 Å². The lowest BCUT2D eigenvalue weighted by Gasteiger charge is -2.28. The zero-order valence-electron chi connectivity index (χ0n) is 14.2. The van der Waals surface area contributed by atoms with Gasteiger partial charge in [0.25, 0.3) is 0 Å². The van der Waals surface area contributed by atoms with E-state index in [0.717, 1.165) is 44.6 Å².